The summed E-state index contributed by atoms with van der Waals surface area (Å²) in [5, 5.41) is 19.4. The second-order valence-corrected chi connectivity index (χ2v) is 5.48. The number of aliphatic hydroxyl groups excluding tert-OH is 1. The van der Waals surface area contributed by atoms with E-state index in [-0.39, 0.29) is 18.1 Å². The minimum Gasteiger partial charge on any atom is -0.508 e. The predicted molar refractivity (Wildman–Crippen MR) is 72.9 cm³/mol. The summed E-state index contributed by atoms with van der Waals surface area (Å²) in [4.78, 5) is 13.6. The third-order valence-corrected chi connectivity index (χ3v) is 3.68. The van der Waals surface area contributed by atoms with Crippen molar-refractivity contribution in [2.75, 3.05) is 13.6 Å². The Hall–Kier alpha value is -1.55. The quantitative estimate of drug-likeness (QED) is 0.845. The van der Waals surface area contributed by atoms with E-state index in [2.05, 4.69) is 0 Å². The van der Waals surface area contributed by atoms with Crippen LogP contribution >= 0.6 is 0 Å². The topological polar surface area (TPSA) is 60.8 Å². The molecule has 1 unspecified atom stereocenters. The molecule has 0 aliphatic heterocycles. The number of aryl methyl sites for hydroxylation is 1. The molecule has 1 amide bonds. The Bertz CT molecular complexity index is 468. The molecule has 1 aliphatic rings. The minimum atomic E-state index is -0.402. The number of aromatic hydroxyl groups is 1. The molecule has 0 aromatic heterocycles. The van der Waals surface area contributed by atoms with Gasteiger partial charge in [-0.1, -0.05) is 12.1 Å². The molecule has 104 valence electrons. The van der Waals surface area contributed by atoms with Crippen LogP contribution < -0.4 is 0 Å². The van der Waals surface area contributed by atoms with Gasteiger partial charge in [0.1, 0.15) is 5.75 Å². The number of aliphatic hydroxyl groups is 1. The normalized spacial score (nSPS) is 16.2. The summed E-state index contributed by atoms with van der Waals surface area (Å²) in [7, 11) is 1.71. The fourth-order valence-electron chi connectivity index (χ4n) is 2.09. The van der Waals surface area contributed by atoms with Crippen molar-refractivity contribution in [3.8, 4) is 5.75 Å². The number of benzene rings is 1. The lowest BCUT2D eigenvalue weighted by atomic mass is 10.1. The van der Waals surface area contributed by atoms with Crippen molar-refractivity contribution in [2.45, 2.75) is 32.3 Å². The minimum absolute atomic E-state index is 0.0389. The highest BCUT2D eigenvalue weighted by Crippen LogP contribution is 2.32. The predicted octanol–water partition coefficient (Wildman–Crippen LogP) is 1.47. The molecule has 0 heterocycles. The van der Waals surface area contributed by atoms with Crippen molar-refractivity contribution in [2.24, 2.45) is 5.92 Å². The van der Waals surface area contributed by atoms with E-state index in [9.17, 15) is 15.0 Å². The van der Waals surface area contributed by atoms with Crippen LogP contribution in [0.3, 0.4) is 0 Å². The van der Waals surface area contributed by atoms with Crippen molar-refractivity contribution in [1.29, 1.82) is 0 Å². The highest BCUT2D eigenvalue weighted by molar-refractivity contribution is 5.78. The van der Waals surface area contributed by atoms with E-state index < -0.39 is 6.10 Å². The number of carbonyl (C=O) groups is 1. The molecule has 1 aromatic carbocycles. The Morgan fingerprint density at radius 1 is 1.47 bits per heavy atom. The number of rotatable bonds is 5. The average Bonchev–Trinajstić information content (AvgIpc) is 3.17. The first-order valence-corrected chi connectivity index (χ1v) is 6.68. The monoisotopic (exact) mass is 263 g/mol. The first kappa shape index (κ1) is 13.9. The lowest BCUT2D eigenvalue weighted by molar-refractivity contribution is -0.130. The summed E-state index contributed by atoms with van der Waals surface area (Å²) in [6.07, 6.45) is 1.98. The molecule has 1 fully saturated rings. The van der Waals surface area contributed by atoms with Gasteiger partial charge in [0.05, 0.1) is 12.5 Å². The van der Waals surface area contributed by atoms with Gasteiger partial charge in [-0.05, 0) is 42.9 Å². The van der Waals surface area contributed by atoms with Crippen LogP contribution in [0.15, 0.2) is 18.2 Å². The smallest absolute Gasteiger partial charge is 0.226 e. The SMILES string of the molecule is Cc1ccc(CC(=O)N(C)CC(O)C2CC2)cc1O. The van der Waals surface area contributed by atoms with Crippen molar-refractivity contribution < 1.29 is 15.0 Å². The maximum atomic E-state index is 12.0. The number of phenolic OH excluding ortho intramolecular Hbond substituents is 1. The second kappa shape index (κ2) is 5.61. The maximum absolute atomic E-state index is 12.0. The highest BCUT2D eigenvalue weighted by Gasteiger charge is 2.31. The van der Waals surface area contributed by atoms with Gasteiger partial charge >= 0.3 is 0 Å². The number of hydrogen-bond donors (Lipinski definition) is 2. The Kier molecular flexibility index (Phi) is 4.10. The van der Waals surface area contributed by atoms with Gasteiger partial charge in [-0.15, -0.1) is 0 Å². The highest BCUT2D eigenvalue weighted by atomic mass is 16.3. The zero-order valence-corrected chi connectivity index (χ0v) is 11.5. The number of hydrogen-bond acceptors (Lipinski definition) is 3. The standard InChI is InChI=1S/C15H21NO3/c1-10-3-4-11(7-13(10)17)8-15(19)16(2)9-14(18)12-5-6-12/h3-4,7,12,14,17-18H,5-6,8-9H2,1-2H3. The Morgan fingerprint density at radius 3 is 2.74 bits per heavy atom. The lowest BCUT2D eigenvalue weighted by Crippen LogP contribution is -2.36. The van der Waals surface area contributed by atoms with Crippen molar-refractivity contribution in [1.82, 2.24) is 4.90 Å². The number of amides is 1. The van der Waals surface area contributed by atoms with Crippen molar-refractivity contribution in [3.63, 3.8) is 0 Å². The molecular weight excluding hydrogens is 242 g/mol. The number of likely N-dealkylation sites (N-methyl/N-ethyl adjacent to an activating group) is 1. The molecule has 19 heavy (non-hydrogen) atoms. The molecule has 0 bridgehead atoms. The molecule has 2 N–H and O–H groups in total. The van der Waals surface area contributed by atoms with Gasteiger partial charge in [-0.25, -0.2) is 0 Å². The van der Waals surface area contributed by atoms with Gasteiger partial charge in [-0.3, -0.25) is 4.79 Å². The molecule has 1 aliphatic carbocycles. The molecule has 4 nitrogen and oxygen atoms in total. The number of phenols is 1. The van der Waals surface area contributed by atoms with Gasteiger partial charge in [0, 0.05) is 13.6 Å². The summed E-state index contributed by atoms with van der Waals surface area (Å²) >= 11 is 0. The molecular formula is C15H21NO3. The Labute approximate surface area is 113 Å². The van der Waals surface area contributed by atoms with Crippen LogP contribution in [0.4, 0.5) is 0 Å². The van der Waals surface area contributed by atoms with E-state index in [1.165, 1.54) is 0 Å². The zero-order chi connectivity index (χ0) is 14.0. The third kappa shape index (κ3) is 3.70. The molecule has 4 heteroatoms. The van der Waals surface area contributed by atoms with E-state index in [0.717, 1.165) is 24.0 Å². The van der Waals surface area contributed by atoms with Crippen LogP contribution in [0.2, 0.25) is 0 Å². The van der Waals surface area contributed by atoms with Crippen LogP contribution in [-0.2, 0) is 11.2 Å². The van der Waals surface area contributed by atoms with Crippen molar-refractivity contribution >= 4 is 5.91 Å². The second-order valence-electron chi connectivity index (χ2n) is 5.48. The molecule has 2 rings (SSSR count). The van der Waals surface area contributed by atoms with Crippen LogP contribution in [-0.4, -0.2) is 40.7 Å². The van der Waals surface area contributed by atoms with E-state index in [1.54, 1.807) is 24.1 Å². The van der Waals surface area contributed by atoms with Crippen LogP contribution in [0, 0.1) is 12.8 Å². The van der Waals surface area contributed by atoms with Gasteiger partial charge in [-0.2, -0.15) is 0 Å². The third-order valence-electron chi connectivity index (χ3n) is 3.68. The summed E-state index contributed by atoms with van der Waals surface area (Å²) in [6, 6.07) is 5.27. The zero-order valence-electron chi connectivity index (χ0n) is 11.5. The molecule has 0 saturated heterocycles. The summed E-state index contributed by atoms with van der Waals surface area (Å²) in [6.45, 7) is 2.21. The van der Waals surface area contributed by atoms with E-state index in [4.69, 9.17) is 0 Å². The lowest BCUT2D eigenvalue weighted by Gasteiger charge is -2.20. The molecule has 0 radical (unpaired) electrons. The van der Waals surface area contributed by atoms with Gasteiger partial charge in [0.25, 0.3) is 0 Å². The van der Waals surface area contributed by atoms with Gasteiger partial charge in [0.2, 0.25) is 5.91 Å². The number of carbonyl (C=O) groups excluding carboxylic acids is 1. The van der Waals surface area contributed by atoms with E-state index in [0.29, 0.717) is 12.5 Å². The van der Waals surface area contributed by atoms with Crippen molar-refractivity contribution in [3.05, 3.63) is 29.3 Å². The first-order chi connectivity index (χ1) is 8.97. The van der Waals surface area contributed by atoms with Crippen LogP contribution in [0.25, 0.3) is 0 Å². The van der Waals surface area contributed by atoms with Gasteiger partial charge < -0.3 is 15.1 Å². The Balaban J connectivity index is 1.90. The summed E-state index contributed by atoms with van der Waals surface area (Å²) in [5.41, 5.74) is 1.59. The van der Waals surface area contributed by atoms with E-state index >= 15 is 0 Å². The van der Waals surface area contributed by atoms with E-state index in [1.807, 2.05) is 13.0 Å². The first-order valence-electron chi connectivity index (χ1n) is 6.68. The summed E-state index contributed by atoms with van der Waals surface area (Å²) < 4.78 is 0. The molecule has 0 spiro atoms. The van der Waals surface area contributed by atoms with Crippen LogP contribution in [0.5, 0.6) is 5.75 Å². The maximum Gasteiger partial charge on any atom is 0.226 e. The Morgan fingerprint density at radius 2 is 2.16 bits per heavy atom. The molecule has 1 aromatic rings. The fourth-order valence-corrected chi connectivity index (χ4v) is 2.09. The van der Waals surface area contributed by atoms with Gasteiger partial charge in [0.15, 0.2) is 0 Å². The van der Waals surface area contributed by atoms with Crippen LogP contribution in [0.1, 0.15) is 24.0 Å². The average molecular weight is 263 g/mol. The molecule has 1 saturated carbocycles. The summed E-state index contributed by atoms with van der Waals surface area (Å²) in [5.74, 6) is 0.549. The molecule has 1 atom stereocenters. The largest absolute Gasteiger partial charge is 0.508 e. The fraction of sp³-hybridized carbons (Fsp3) is 0.533. The number of nitrogens with zero attached hydrogens (tertiary/aromatic N) is 1.